The molecular weight excluding hydrogens is 232 g/mol. The van der Waals surface area contributed by atoms with E-state index in [0.717, 1.165) is 31.7 Å². The van der Waals surface area contributed by atoms with Gasteiger partial charge in [0.25, 0.3) is 0 Å². The molecular formula is C9H20N2O2S2. The molecule has 1 rings (SSSR count). The normalized spacial score (nSPS) is 19.7. The summed E-state index contributed by atoms with van der Waals surface area (Å²) >= 11 is 1.67. The van der Waals surface area contributed by atoms with Crippen LogP contribution in [0.4, 0.5) is 0 Å². The molecule has 4 nitrogen and oxygen atoms in total. The fourth-order valence-electron chi connectivity index (χ4n) is 1.69. The van der Waals surface area contributed by atoms with Crippen molar-refractivity contribution < 1.29 is 8.42 Å². The predicted molar refractivity (Wildman–Crippen MR) is 65.8 cm³/mol. The van der Waals surface area contributed by atoms with Crippen molar-refractivity contribution in [2.24, 2.45) is 0 Å². The zero-order valence-electron chi connectivity index (χ0n) is 9.40. The van der Waals surface area contributed by atoms with Crippen LogP contribution in [0.5, 0.6) is 0 Å². The van der Waals surface area contributed by atoms with Gasteiger partial charge in [0.05, 0.1) is 5.25 Å². The molecule has 1 saturated heterocycles. The summed E-state index contributed by atoms with van der Waals surface area (Å²) in [4.78, 5) is 0. The van der Waals surface area contributed by atoms with Crippen LogP contribution < -0.4 is 5.32 Å². The predicted octanol–water partition coefficient (Wildman–Crippen LogP) is 0.363. The van der Waals surface area contributed by atoms with E-state index >= 15 is 0 Å². The van der Waals surface area contributed by atoms with Crippen molar-refractivity contribution in [2.45, 2.75) is 18.1 Å². The number of hydrogen-bond donors (Lipinski definition) is 1. The molecule has 1 heterocycles. The first-order valence-electron chi connectivity index (χ1n) is 5.24. The quantitative estimate of drug-likeness (QED) is 0.768. The Labute approximate surface area is 96.8 Å². The first kappa shape index (κ1) is 13.3. The second kappa shape index (κ2) is 6.08. The number of piperidine rings is 1. The Bertz CT molecular complexity index is 274. The lowest BCUT2D eigenvalue weighted by Gasteiger charge is -2.27. The van der Waals surface area contributed by atoms with Crippen molar-refractivity contribution in [3.63, 3.8) is 0 Å². The van der Waals surface area contributed by atoms with E-state index in [9.17, 15) is 8.42 Å². The summed E-state index contributed by atoms with van der Waals surface area (Å²) in [6.07, 6.45) is 3.48. The van der Waals surface area contributed by atoms with Gasteiger partial charge < -0.3 is 5.32 Å². The molecule has 0 unspecified atom stereocenters. The Hall–Kier alpha value is 0.220. The minimum absolute atomic E-state index is 0.175. The maximum atomic E-state index is 12.1. The highest BCUT2D eigenvalue weighted by atomic mass is 32.2. The monoisotopic (exact) mass is 252 g/mol. The Morgan fingerprint density at radius 1 is 1.40 bits per heavy atom. The van der Waals surface area contributed by atoms with Crippen LogP contribution in [0.1, 0.15) is 12.8 Å². The highest BCUT2D eigenvalue weighted by Gasteiger charge is 2.30. The van der Waals surface area contributed by atoms with E-state index < -0.39 is 10.0 Å². The Morgan fingerprint density at radius 3 is 2.53 bits per heavy atom. The third-order valence-electron chi connectivity index (χ3n) is 2.75. The Kier molecular flexibility index (Phi) is 5.38. The Morgan fingerprint density at radius 2 is 2.00 bits per heavy atom. The second-order valence-electron chi connectivity index (χ2n) is 3.81. The molecule has 1 N–H and O–H groups in total. The van der Waals surface area contributed by atoms with Gasteiger partial charge in [-0.25, -0.2) is 12.7 Å². The largest absolute Gasteiger partial charge is 0.317 e. The van der Waals surface area contributed by atoms with Crippen LogP contribution >= 0.6 is 11.8 Å². The summed E-state index contributed by atoms with van der Waals surface area (Å²) in [5.41, 5.74) is 0. The van der Waals surface area contributed by atoms with Crippen LogP contribution in [-0.2, 0) is 10.0 Å². The zero-order chi connectivity index (χ0) is 11.3. The van der Waals surface area contributed by atoms with Gasteiger partial charge in [-0.1, -0.05) is 0 Å². The maximum absolute atomic E-state index is 12.1. The highest BCUT2D eigenvalue weighted by molar-refractivity contribution is 7.98. The highest BCUT2D eigenvalue weighted by Crippen LogP contribution is 2.16. The average Bonchev–Trinajstić information content (AvgIpc) is 2.27. The summed E-state index contributed by atoms with van der Waals surface area (Å²) in [6.45, 7) is 2.26. The van der Waals surface area contributed by atoms with Gasteiger partial charge in [-0.05, 0) is 32.2 Å². The van der Waals surface area contributed by atoms with Crippen molar-refractivity contribution in [3.05, 3.63) is 0 Å². The summed E-state index contributed by atoms with van der Waals surface area (Å²) in [6, 6.07) is 0. The zero-order valence-corrected chi connectivity index (χ0v) is 11.0. The summed E-state index contributed by atoms with van der Waals surface area (Å²) in [7, 11) is -1.37. The molecule has 1 fully saturated rings. The van der Waals surface area contributed by atoms with Gasteiger partial charge in [0, 0.05) is 19.3 Å². The molecule has 6 heteroatoms. The molecule has 90 valence electrons. The SMILES string of the molecule is CSCCN(C)S(=O)(=O)C1CCNCC1. The minimum Gasteiger partial charge on any atom is -0.317 e. The molecule has 0 amide bonds. The minimum atomic E-state index is -3.05. The average molecular weight is 252 g/mol. The summed E-state index contributed by atoms with van der Waals surface area (Å²) < 4.78 is 25.7. The van der Waals surface area contributed by atoms with Gasteiger partial charge in [-0.3, -0.25) is 0 Å². The van der Waals surface area contributed by atoms with E-state index in [-0.39, 0.29) is 5.25 Å². The van der Waals surface area contributed by atoms with Gasteiger partial charge in [0.15, 0.2) is 0 Å². The fourth-order valence-corrected chi connectivity index (χ4v) is 3.95. The molecule has 0 spiro atoms. The van der Waals surface area contributed by atoms with Crippen LogP contribution in [0.15, 0.2) is 0 Å². The van der Waals surface area contributed by atoms with Crippen LogP contribution in [0.25, 0.3) is 0 Å². The van der Waals surface area contributed by atoms with Crippen molar-refractivity contribution in [1.82, 2.24) is 9.62 Å². The molecule has 1 aliphatic rings. The smallest absolute Gasteiger partial charge is 0.216 e. The lowest BCUT2D eigenvalue weighted by Crippen LogP contribution is -2.43. The standard InChI is InChI=1S/C9H20N2O2S2/c1-11(7-8-14-2)15(12,13)9-3-5-10-6-4-9/h9-10H,3-8H2,1-2H3. The molecule has 0 atom stereocenters. The van der Waals surface area contributed by atoms with E-state index in [2.05, 4.69) is 5.32 Å². The second-order valence-corrected chi connectivity index (χ2v) is 7.11. The number of nitrogens with one attached hydrogen (secondary N) is 1. The van der Waals surface area contributed by atoms with Gasteiger partial charge in [-0.15, -0.1) is 0 Å². The fraction of sp³-hybridized carbons (Fsp3) is 1.00. The number of rotatable bonds is 5. The number of nitrogens with zero attached hydrogens (tertiary/aromatic N) is 1. The molecule has 0 radical (unpaired) electrons. The van der Waals surface area contributed by atoms with Crippen molar-refractivity contribution >= 4 is 21.8 Å². The van der Waals surface area contributed by atoms with Crippen LogP contribution in [0.3, 0.4) is 0 Å². The molecule has 15 heavy (non-hydrogen) atoms. The van der Waals surface area contributed by atoms with Crippen LogP contribution in [0.2, 0.25) is 0 Å². The van der Waals surface area contributed by atoms with E-state index in [4.69, 9.17) is 0 Å². The first-order chi connectivity index (χ1) is 7.09. The topological polar surface area (TPSA) is 49.4 Å². The molecule has 0 saturated carbocycles. The molecule has 0 aliphatic carbocycles. The molecule has 0 aromatic rings. The number of thioether (sulfide) groups is 1. The molecule has 0 aromatic carbocycles. The number of sulfonamides is 1. The van der Waals surface area contributed by atoms with E-state index in [1.165, 1.54) is 4.31 Å². The third kappa shape index (κ3) is 3.62. The van der Waals surface area contributed by atoms with Crippen LogP contribution in [0, 0.1) is 0 Å². The molecule has 0 bridgehead atoms. The molecule has 0 aromatic heterocycles. The lowest BCUT2D eigenvalue weighted by atomic mass is 10.2. The summed E-state index contributed by atoms with van der Waals surface area (Å²) in [5, 5.41) is 3.01. The van der Waals surface area contributed by atoms with Crippen molar-refractivity contribution in [2.75, 3.05) is 38.7 Å². The van der Waals surface area contributed by atoms with E-state index in [1.807, 2.05) is 6.26 Å². The molecule has 1 aliphatic heterocycles. The van der Waals surface area contributed by atoms with Crippen LogP contribution in [-0.4, -0.2) is 56.7 Å². The number of hydrogen-bond acceptors (Lipinski definition) is 4. The summed E-state index contributed by atoms with van der Waals surface area (Å²) in [5.74, 6) is 0.862. The maximum Gasteiger partial charge on any atom is 0.216 e. The van der Waals surface area contributed by atoms with Crippen molar-refractivity contribution in [3.8, 4) is 0 Å². The third-order valence-corrected chi connectivity index (χ3v) is 5.71. The lowest BCUT2D eigenvalue weighted by molar-refractivity contribution is 0.442. The van der Waals surface area contributed by atoms with Gasteiger partial charge in [0.1, 0.15) is 0 Å². The Balaban J connectivity index is 2.55. The van der Waals surface area contributed by atoms with Gasteiger partial charge >= 0.3 is 0 Å². The van der Waals surface area contributed by atoms with Crippen molar-refractivity contribution in [1.29, 1.82) is 0 Å². The first-order valence-corrected chi connectivity index (χ1v) is 8.13. The van der Waals surface area contributed by atoms with E-state index in [0.29, 0.717) is 6.54 Å². The van der Waals surface area contributed by atoms with Gasteiger partial charge in [-0.2, -0.15) is 11.8 Å². The van der Waals surface area contributed by atoms with E-state index in [1.54, 1.807) is 18.8 Å². The van der Waals surface area contributed by atoms with Gasteiger partial charge in [0.2, 0.25) is 10.0 Å².